The number of allylic oxidation sites excluding steroid dienone is 1. The summed E-state index contributed by atoms with van der Waals surface area (Å²) < 4.78 is 18.5. The number of nitrogens with zero attached hydrogens (tertiary/aromatic N) is 2. The van der Waals surface area contributed by atoms with Crippen LogP contribution in [0.25, 0.3) is 10.8 Å². The molecule has 1 unspecified atom stereocenters. The van der Waals surface area contributed by atoms with Crippen molar-refractivity contribution in [3.8, 4) is 0 Å². The highest BCUT2D eigenvalue weighted by Crippen LogP contribution is 2.61. The van der Waals surface area contributed by atoms with Crippen molar-refractivity contribution >= 4 is 56.1 Å². The van der Waals surface area contributed by atoms with E-state index < -0.39 is 72.2 Å². The number of amides is 3. The van der Waals surface area contributed by atoms with Crippen molar-refractivity contribution in [3.63, 3.8) is 0 Å². The third-order valence-electron chi connectivity index (χ3n) is 10.6. The van der Waals surface area contributed by atoms with Crippen molar-refractivity contribution in [2.45, 2.75) is 66.9 Å². The smallest absolute Gasteiger partial charge is 0.313 e. The van der Waals surface area contributed by atoms with Crippen molar-refractivity contribution in [1.29, 1.82) is 0 Å². The molecule has 53 heavy (non-hydrogen) atoms. The van der Waals surface area contributed by atoms with Gasteiger partial charge in [-0.1, -0.05) is 88.7 Å². The van der Waals surface area contributed by atoms with Crippen LogP contribution < -0.4 is 10.2 Å². The van der Waals surface area contributed by atoms with Crippen LogP contribution in [0, 0.1) is 11.8 Å². The van der Waals surface area contributed by atoms with Gasteiger partial charge in [-0.05, 0) is 48.2 Å². The Morgan fingerprint density at radius 1 is 1.09 bits per heavy atom. The van der Waals surface area contributed by atoms with E-state index in [1.54, 1.807) is 48.2 Å². The van der Waals surface area contributed by atoms with Crippen LogP contribution in [-0.4, -0.2) is 95.2 Å². The summed E-state index contributed by atoms with van der Waals surface area (Å²) in [6, 6.07) is 19.9. The van der Waals surface area contributed by atoms with Crippen molar-refractivity contribution in [2.75, 3.05) is 31.8 Å². The van der Waals surface area contributed by atoms with Crippen molar-refractivity contribution < 1.29 is 38.5 Å². The number of halogens is 1. The van der Waals surface area contributed by atoms with E-state index in [0.717, 1.165) is 10.8 Å². The number of alkyl halides is 1. The molecule has 0 aromatic heterocycles. The molecule has 0 aliphatic carbocycles. The fraction of sp³-hybridized carbons (Fsp3) is 0.415. The number of fused-ring (bicyclic) bond motifs is 2. The van der Waals surface area contributed by atoms with Crippen molar-refractivity contribution in [1.82, 2.24) is 10.2 Å². The Morgan fingerprint density at radius 2 is 1.81 bits per heavy atom. The first-order valence-electron chi connectivity index (χ1n) is 17.9. The molecule has 0 saturated carbocycles. The number of aliphatic hydroxyl groups is 1. The summed E-state index contributed by atoms with van der Waals surface area (Å²) in [5.41, 5.74) is -0.164. The van der Waals surface area contributed by atoms with Gasteiger partial charge in [-0.25, -0.2) is 0 Å². The molecule has 2 N–H and O–H groups in total. The molecule has 3 aliphatic heterocycles. The van der Waals surface area contributed by atoms with E-state index in [0.29, 0.717) is 17.7 Å². The van der Waals surface area contributed by atoms with Crippen LogP contribution in [0.1, 0.15) is 37.9 Å². The molecule has 6 rings (SSSR count). The summed E-state index contributed by atoms with van der Waals surface area (Å²) in [7, 11) is 1.49. The first kappa shape index (κ1) is 38.4. The number of carbonyl (C=O) groups is 4. The lowest BCUT2D eigenvalue weighted by Gasteiger charge is -2.38. The van der Waals surface area contributed by atoms with E-state index in [1.165, 1.54) is 12.0 Å². The molecule has 11 nitrogen and oxygen atoms in total. The van der Waals surface area contributed by atoms with Crippen molar-refractivity contribution in [3.05, 3.63) is 104 Å². The number of aliphatic hydroxyl groups excluding tert-OH is 1. The fourth-order valence-electron chi connectivity index (χ4n) is 8.25. The van der Waals surface area contributed by atoms with E-state index in [2.05, 4.69) is 34.4 Å². The lowest BCUT2D eigenvalue weighted by atomic mass is 9.70. The van der Waals surface area contributed by atoms with Crippen LogP contribution in [-0.2, 0) is 33.4 Å². The highest BCUT2D eigenvalue weighted by Gasteiger charge is 2.77. The maximum atomic E-state index is 15.0. The molecule has 3 aromatic carbocycles. The van der Waals surface area contributed by atoms with E-state index in [-0.39, 0.29) is 36.7 Å². The molecular formula is C41H46BrN3O8. The molecule has 2 bridgehead atoms. The Bertz CT molecular complexity index is 1860. The van der Waals surface area contributed by atoms with Crippen LogP contribution in [0.15, 0.2) is 98.1 Å². The zero-order valence-corrected chi connectivity index (χ0v) is 31.5. The first-order valence-corrected chi connectivity index (χ1v) is 18.8. The van der Waals surface area contributed by atoms with Gasteiger partial charge < -0.3 is 34.4 Å². The van der Waals surface area contributed by atoms with Gasteiger partial charge in [0.25, 0.3) is 5.91 Å². The number of carbonyl (C=O) groups excluding carboxylic acids is 4. The van der Waals surface area contributed by atoms with Gasteiger partial charge in [-0.3, -0.25) is 19.2 Å². The Labute approximate surface area is 318 Å². The first-order chi connectivity index (χ1) is 25.6. The molecule has 3 heterocycles. The van der Waals surface area contributed by atoms with Crippen LogP contribution >= 0.6 is 15.9 Å². The molecule has 3 aliphatic rings. The summed E-state index contributed by atoms with van der Waals surface area (Å²) >= 11 is 3.73. The topological polar surface area (TPSA) is 135 Å². The van der Waals surface area contributed by atoms with Gasteiger partial charge in [0.2, 0.25) is 11.8 Å². The Hall–Kier alpha value is -4.36. The number of ether oxygens (including phenoxy) is 3. The number of likely N-dealkylation sites (tertiary alicyclic amines) is 1. The van der Waals surface area contributed by atoms with Gasteiger partial charge in [0.1, 0.15) is 17.7 Å². The summed E-state index contributed by atoms with van der Waals surface area (Å²) in [4.78, 5) is 59.8. The summed E-state index contributed by atoms with van der Waals surface area (Å²) in [6.45, 7) is 9.04. The van der Waals surface area contributed by atoms with Gasteiger partial charge in [-0.2, -0.15) is 0 Å². The predicted molar refractivity (Wildman–Crippen MR) is 204 cm³/mol. The van der Waals surface area contributed by atoms with Crippen molar-refractivity contribution in [2.24, 2.45) is 11.8 Å². The number of methoxy groups -OCH3 is 1. The van der Waals surface area contributed by atoms with Crippen LogP contribution in [0.4, 0.5) is 5.69 Å². The molecule has 3 fully saturated rings. The number of hydrogen-bond donors (Lipinski definition) is 2. The minimum absolute atomic E-state index is 0.0386. The second-order valence-electron chi connectivity index (χ2n) is 13.9. The third-order valence-corrected chi connectivity index (χ3v) is 11.4. The fourth-order valence-corrected chi connectivity index (χ4v) is 9.19. The Morgan fingerprint density at radius 3 is 2.49 bits per heavy atom. The van der Waals surface area contributed by atoms with Gasteiger partial charge in [-0.15, -0.1) is 13.2 Å². The second-order valence-corrected chi connectivity index (χ2v) is 15.1. The Kier molecular flexibility index (Phi) is 11.8. The molecular weight excluding hydrogens is 742 g/mol. The van der Waals surface area contributed by atoms with E-state index in [1.807, 2.05) is 48.5 Å². The number of hydrogen-bond acceptors (Lipinski definition) is 8. The maximum absolute atomic E-state index is 15.0. The zero-order chi connectivity index (χ0) is 37.9. The van der Waals surface area contributed by atoms with Crippen LogP contribution in [0.2, 0.25) is 0 Å². The van der Waals surface area contributed by atoms with Gasteiger partial charge in [0.05, 0.1) is 43.2 Å². The normalized spacial score (nSPS) is 26.1. The number of anilines is 1. The standard InChI is InChI=1S/C41H46BrN3O8/c1-5-7-17-32(47)43-31(24-51-4)35(27-14-9-8-10-15-27)52-40(50)33-34-38(48)45(25(3)23-46)37(41(34)22-30(42)36(33)53-41)39(49)44(20-6-2)29-19-18-26-13-11-12-16-28(26)21-29/h5-6,8-16,18-19,21,25,30-31,33-37,46H,1-2,7,17,20,22-24H2,3-4H3,(H,43,47)/t25-,30?,31+,33+,34-,35+,36+,37+,41-/m1/s1. The molecule has 280 valence electrons. The molecule has 3 amide bonds. The van der Waals surface area contributed by atoms with E-state index in [4.69, 9.17) is 14.2 Å². The molecule has 1 spiro atoms. The summed E-state index contributed by atoms with van der Waals surface area (Å²) in [6.07, 6.45) is 2.44. The Balaban J connectivity index is 1.37. The lowest BCUT2D eigenvalue weighted by Crippen LogP contribution is -2.58. The highest BCUT2D eigenvalue weighted by atomic mass is 79.9. The summed E-state index contributed by atoms with van der Waals surface area (Å²) in [5.74, 6) is -3.99. The average molecular weight is 789 g/mol. The molecule has 12 heteroatoms. The van der Waals surface area contributed by atoms with Crippen LogP contribution in [0.5, 0.6) is 0 Å². The van der Waals surface area contributed by atoms with Gasteiger partial charge in [0, 0.05) is 30.6 Å². The number of esters is 1. The predicted octanol–water partition coefficient (Wildman–Crippen LogP) is 4.87. The SMILES string of the molecule is C=CCCC(=O)N[C@@H](COC)[C@@H](OC(=O)[C@@H]1[C@H]2O[C@@]3(CC2Br)[C@H](C(=O)N(CC=C)c2ccc4ccccc4c2)N([C@H](C)CO)C(=O)[C@@H]13)c1ccccc1. The van der Waals surface area contributed by atoms with E-state index in [9.17, 15) is 24.3 Å². The largest absolute Gasteiger partial charge is 0.455 e. The molecule has 3 aromatic rings. The van der Waals surface area contributed by atoms with Gasteiger partial charge >= 0.3 is 5.97 Å². The highest BCUT2D eigenvalue weighted by molar-refractivity contribution is 9.09. The number of nitrogens with one attached hydrogen (secondary N) is 1. The molecule has 9 atom stereocenters. The van der Waals surface area contributed by atoms with E-state index >= 15 is 0 Å². The quantitative estimate of drug-likeness (QED) is 0.119. The third kappa shape index (κ3) is 7.17. The lowest BCUT2D eigenvalue weighted by molar-refractivity contribution is -0.163. The monoisotopic (exact) mass is 787 g/mol. The molecule has 3 saturated heterocycles. The van der Waals surface area contributed by atoms with Gasteiger partial charge in [0.15, 0.2) is 0 Å². The zero-order valence-electron chi connectivity index (χ0n) is 29.9. The minimum Gasteiger partial charge on any atom is -0.455 e. The molecule has 0 radical (unpaired) electrons. The average Bonchev–Trinajstić information content (AvgIpc) is 3.77. The summed E-state index contributed by atoms with van der Waals surface area (Å²) in [5, 5.41) is 15.3. The second kappa shape index (κ2) is 16.3. The maximum Gasteiger partial charge on any atom is 0.313 e. The number of benzene rings is 3. The van der Waals surface area contributed by atoms with Crippen LogP contribution in [0.3, 0.4) is 0 Å². The minimum atomic E-state index is -1.40. The number of rotatable bonds is 16.